The predicted molar refractivity (Wildman–Crippen MR) is 127 cm³/mol. The molecule has 2 aromatic rings. The molecule has 2 aromatic carbocycles. The summed E-state index contributed by atoms with van der Waals surface area (Å²) in [5, 5.41) is 0. The lowest BCUT2D eigenvalue weighted by Gasteiger charge is -2.33. The van der Waals surface area contributed by atoms with Gasteiger partial charge in [-0.2, -0.15) is 0 Å². The summed E-state index contributed by atoms with van der Waals surface area (Å²) in [7, 11) is 1.74. The van der Waals surface area contributed by atoms with Gasteiger partial charge in [0.15, 0.2) is 0 Å². The topological polar surface area (TPSA) is 32.8 Å². The lowest BCUT2D eigenvalue weighted by atomic mass is 9.86. The van der Waals surface area contributed by atoms with Gasteiger partial charge in [-0.3, -0.25) is 9.69 Å². The SMILES string of the molecule is COc1ccccc1CN1CC(CN(C(=O)C(C)C)C(C)C)C(c2ccccc2C)C1. The van der Waals surface area contributed by atoms with Crippen molar-refractivity contribution in [2.24, 2.45) is 11.8 Å². The van der Waals surface area contributed by atoms with Crippen LogP contribution in [0.25, 0.3) is 0 Å². The minimum atomic E-state index is 0.0189. The van der Waals surface area contributed by atoms with Crippen molar-refractivity contribution >= 4 is 5.91 Å². The minimum absolute atomic E-state index is 0.0189. The molecule has 1 amide bonds. The van der Waals surface area contributed by atoms with E-state index in [0.717, 1.165) is 31.9 Å². The number of hydrogen-bond acceptors (Lipinski definition) is 3. The Labute approximate surface area is 188 Å². The molecule has 0 N–H and O–H groups in total. The second-order valence-electron chi connectivity index (χ2n) is 9.47. The van der Waals surface area contributed by atoms with Crippen LogP contribution in [0.5, 0.6) is 5.75 Å². The Morgan fingerprint density at radius 1 is 1.06 bits per heavy atom. The molecule has 0 bridgehead atoms. The molecule has 4 heteroatoms. The first kappa shape index (κ1) is 23.3. The normalized spacial score (nSPS) is 19.2. The molecule has 0 radical (unpaired) electrons. The second-order valence-corrected chi connectivity index (χ2v) is 9.47. The standard InChI is InChI=1S/C27H38N2O2/c1-19(2)27(30)29(20(3)4)17-23-16-28(15-22-12-8-10-14-26(22)31-6)18-25(23)24-13-9-7-11-21(24)5/h7-14,19-20,23,25H,15-18H2,1-6H3. The number of likely N-dealkylation sites (tertiary alicyclic amines) is 1. The number of ether oxygens (including phenoxy) is 1. The van der Waals surface area contributed by atoms with Crippen LogP contribution in [0.15, 0.2) is 48.5 Å². The van der Waals surface area contributed by atoms with E-state index in [4.69, 9.17) is 4.74 Å². The van der Waals surface area contributed by atoms with Crippen molar-refractivity contribution in [3.63, 3.8) is 0 Å². The molecular weight excluding hydrogens is 384 g/mol. The number of nitrogens with zero attached hydrogens (tertiary/aromatic N) is 2. The van der Waals surface area contributed by atoms with Crippen molar-refractivity contribution in [1.82, 2.24) is 9.80 Å². The molecule has 168 valence electrons. The van der Waals surface area contributed by atoms with Crippen molar-refractivity contribution < 1.29 is 9.53 Å². The van der Waals surface area contributed by atoms with E-state index in [1.54, 1.807) is 7.11 Å². The molecule has 1 heterocycles. The number of carbonyl (C=O) groups is 1. The Morgan fingerprint density at radius 2 is 1.74 bits per heavy atom. The third-order valence-electron chi connectivity index (χ3n) is 6.52. The molecule has 0 aromatic heterocycles. The Morgan fingerprint density at radius 3 is 2.39 bits per heavy atom. The van der Waals surface area contributed by atoms with Crippen LogP contribution in [0.3, 0.4) is 0 Å². The maximum Gasteiger partial charge on any atom is 0.225 e. The first-order valence-corrected chi connectivity index (χ1v) is 11.5. The van der Waals surface area contributed by atoms with Crippen molar-refractivity contribution in [2.45, 2.75) is 53.1 Å². The lowest BCUT2D eigenvalue weighted by molar-refractivity contribution is -0.136. The van der Waals surface area contributed by atoms with Crippen LogP contribution in [-0.2, 0) is 11.3 Å². The van der Waals surface area contributed by atoms with Crippen LogP contribution in [0.2, 0.25) is 0 Å². The molecule has 1 saturated heterocycles. The Bertz CT molecular complexity index is 877. The number of para-hydroxylation sites is 1. The number of aryl methyl sites for hydroxylation is 1. The first-order valence-electron chi connectivity index (χ1n) is 11.5. The summed E-state index contributed by atoms with van der Waals surface area (Å²) in [5.41, 5.74) is 3.96. The van der Waals surface area contributed by atoms with Gasteiger partial charge in [0.2, 0.25) is 5.91 Å². The fourth-order valence-electron chi connectivity index (χ4n) is 4.84. The van der Waals surface area contributed by atoms with Gasteiger partial charge in [0.05, 0.1) is 7.11 Å². The molecule has 4 nitrogen and oxygen atoms in total. The molecule has 0 aliphatic carbocycles. The summed E-state index contributed by atoms with van der Waals surface area (Å²) in [6.45, 7) is 14.1. The van der Waals surface area contributed by atoms with E-state index in [0.29, 0.717) is 11.8 Å². The maximum absolute atomic E-state index is 12.9. The summed E-state index contributed by atoms with van der Waals surface area (Å²) in [4.78, 5) is 17.6. The zero-order chi connectivity index (χ0) is 22.5. The van der Waals surface area contributed by atoms with Crippen molar-refractivity contribution in [3.8, 4) is 5.75 Å². The summed E-state index contributed by atoms with van der Waals surface area (Å²) in [5.74, 6) is 2.03. The largest absolute Gasteiger partial charge is 0.496 e. The van der Waals surface area contributed by atoms with Crippen molar-refractivity contribution in [1.29, 1.82) is 0 Å². The van der Waals surface area contributed by atoms with Gasteiger partial charge >= 0.3 is 0 Å². The molecule has 2 atom stereocenters. The van der Waals surface area contributed by atoms with Gasteiger partial charge in [-0.05, 0) is 43.9 Å². The second kappa shape index (κ2) is 10.3. The van der Waals surface area contributed by atoms with Crippen LogP contribution >= 0.6 is 0 Å². The highest BCUT2D eigenvalue weighted by Crippen LogP contribution is 2.36. The fourth-order valence-corrected chi connectivity index (χ4v) is 4.84. The van der Waals surface area contributed by atoms with Gasteiger partial charge in [-0.25, -0.2) is 0 Å². The average Bonchev–Trinajstić information content (AvgIpc) is 3.14. The van der Waals surface area contributed by atoms with Crippen LogP contribution in [0.1, 0.15) is 50.3 Å². The van der Waals surface area contributed by atoms with E-state index in [2.05, 4.69) is 67.0 Å². The Hall–Kier alpha value is -2.33. The predicted octanol–water partition coefficient (Wildman–Crippen LogP) is 5.11. The number of benzene rings is 2. The van der Waals surface area contributed by atoms with Crippen LogP contribution in [0.4, 0.5) is 0 Å². The molecule has 31 heavy (non-hydrogen) atoms. The third-order valence-corrected chi connectivity index (χ3v) is 6.52. The molecule has 3 rings (SSSR count). The van der Waals surface area contributed by atoms with E-state index in [9.17, 15) is 4.79 Å². The summed E-state index contributed by atoms with van der Waals surface area (Å²) in [6, 6.07) is 17.2. The Balaban J connectivity index is 1.87. The molecular formula is C27H38N2O2. The molecule has 1 aliphatic heterocycles. The number of rotatable bonds is 8. The molecule has 2 unspecified atom stereocenters. The monoisotopic (exact) mass is 422 g/mol. The van der Waals surface area contributed by atoms with Gasteiger partial charge in [0.1, 0.15) is 5.75 Å². The summed E-state index contributed by atoms with van der Waals surface area (Å²) < 4.78 is 5.59. The van der Waals surface area contributed by atoms with Crippen LogP contribution < -0.4 is 4.74 Å². The van der Waals surface area contributed by atoms with E-state index < -0.39 is 0 Å². The van der Waals surface area contributed by atoms with E-state index >= 15 is 0 Å². The smallest absolute Gasteiger partial charge is 0.225 e. The maximum atomic E-state index is 12.9. The average molecular weight is 423 g/mol. The lowest BCUT2D eigenvalue weighted by Crippen LogP contribution is -2.43. The van der Waals surface area contributed by atoms with Gasteiger partial charge in [-0.15, -0.1) is 0 Å². The van der Waals surface area contributed by atoms with Gasteiger partial charge in [0, 0.05) is 49.6 Å². The first-order chi connectivity index (χ1) is 14.8. The number of amides is 1. The summed E-state index contributed by atoms with van der Waals surface area (Å²) in [6.07, 6.45) is 0. The highest BCUT2D eigenvalue weighted by Gasteiger charge is 2.37. The zero-order valence-electron chi connectivity index (χ0n) is 20.0. The van der Waals surface area contributed by atoms with Gasteiger partial charge in [-0.1, -0.05) is 56.3 Å². The van der Waals surface area contributed by atoms with Gasteiger partial charge < -0.3 is 9.64 Å². The molecule has 1 fully saturated rings. The molecule has 0 spiro atoms. The quantitative estimate of drug-likeness (QED) is 0.592. The van der Waals surface area contributed by atoms with Crippen molar-refractivity contribution in [2.75, 3.05) is 26.7 Å². The highest BCUT2D eigenvalue weighted by atomic mass is 16.5. The number of hydrogen-bond donors (Lipinski definition) is 0. The molecule has 1 aliphatic rings. The number of carbonyl (C=O) groups excluding carboxylic acids is 1. The third kappa shape index (κ3) is 5.48. The highest BCUT2D eigenvalue weighted by molar-refractivity contribution is 5.78. The van der Waals surface area contributed by atoms with E-state index in [1.165, 1.54) is 16.7 Å². The van der Waals surface area contributed by atoms with Gasteiger partial charge in [0.25, 0.3) is 0 Å². The molecule has 0 saturated carbocycles. The number of methoxy groups -OCH3 is 1. The van der Waals surface area contributed by atoms with Crippen LogP contribution in [0, 0.1) is 18.8 Å². The fraction of sp³-hybridized carbons (Fsp3) is 0.519. The minimum Gasteiger partial charge on any atom is -0.496 e. The van der Waals surface area contributed by atoms with E-state index in [1.807, 2.05) is 26.0 Å². The van der Waals surface area contributed by atoms with Crippen molar-refractivity contribution in [3.05, 3.63) is 65.2 Å². The van der Waals surface area contributed by atoms with E-state index in [-0.39, 0.29) is 17.9 Å². The van der Waals surface area contributed by atoms with Crippen LogP contribution in [-0.4, -0.2) is 48.5 Å². The zero-order valence-corrected chi connectivity index (χ0v) is 20.0. The Kier molecular flexibility index (Phi) is 7.77. The summed E-state index contributed by atoms with van der Waals surface area (Å²) >= 11 is 0.